The Hall–Kier alpha value is -4.16. The summed E-state index contributed by atoms with van der Waals surface area (Å²) in [4.78, 5) is 43.5. The van der Waals surface area contributed by atoms with E-state index in [4.69, 9.17) is 9.47 Å². The van der Waals surface area contributed by atoms with E-state index in [2.05, 4.69) is 19.9 Å². The molecule has 220 valence electrons. The first-order chi connectivity index (χ1) is 19.2. The number of halogens is 3. The molecule has 0 radical (unpaired) electrons. The minimum atomic E-state index is -1.36. The summed E-state index contributed by atoms with van der Waals surface area (Å²) in [7, 11) is 0. The Morgan fingerprint density at radius 3 is 2.51 bits per heavy atom. The summed E-state index contributed by atoms with van der Waals surface area (Å²) in [5.41, 5.74) is -2.62. The number of fused-ring (bicyclic) bond motifs is 1. The first-order valence-electron chi connectivity index (χ1n) is 13.2. The summed E-state index contributed by atoms with van der Waals surface area (Å²) in [6.07, 6.45) is 0.241. The first-order valence-corrected chi connectivity index (χ1v) is 13.2. The number of anilines is 1. The highest BCUT2D eigenvalue weighted by atomic mass is 19.2. The number of pyridine rings is 1. The molecule has 4 rings (SSSR count). The number of rotatable bonds is 5. The Labute approximate surface area is 235 Å². The molecule has 3 aromatic rings. The second-order valence-electron chi connectivity index (χ2n) is 10.9. The zero-order chi connectivity index (χ0) is 30.2. The minimum Gasteiger partial charge on any atom is -0.468 e. The van der Waals surface area contributed by atoms with Crippen molar-refractivity contribution in [3.63, 3.8) is 0 Å². The van der Waals surface area contributed by atoms with Crippen LogP contribution in [-0.2, 0) is 4.74 Å². The van der Waals surface area contributed by atoms with Crippen molar-refractivity contribution >= 4 is 29.2 Å². The van der Waals surface area contributed by atoms with E-state index in [1.807, 2.05) is 13.8 Å². The van der Waals surface area contributed by atoms with Crippen LogP contribution in [-0.4, -0.2) is 69.2 Å². The number of aromatic nitrogens is 3. The summed E-state index contributed by atoms with van der Waals surface area (Å²) in [6, 6.07) is 2.42. The fourth-order valence-corrected chi connectivity index (χ4v) is 4.71. The zero-order valence-corrected chi connectivity index (χ0v) is 24.0. The summed E-state index contributed by atoms with van der Waals surface area (Å²) in [5, 5.41) is 0.152. The van der Waals surface area contributed by atoms with Gasteiger partial charge in [-0.15, -0.1) is 0 Å². The van der Waals surface area contributed by atoms with Crippen LogP contribution < -0.4 is 15.3 Å². The van der Waals surface area contributed by atoms with Gasteiger partial charge in [0.2, 0.25) is 0 Å². The lowest BCUT2D eigenvalue weighted by atomic mass is 10.1. The topological polar surface area (TPSA) is 113 Å². The van der Waals surface area contributed by atoms with Gasteiger partial charge in [0.1, 0.15) is 28.5 Å². The number of amides is 1. The second kappa shape index (κ2) is 11.4. The average Bonchev–Trinajstić information content (AvgIpc) is 2.86. The highest BCUT2D eigenvalue weighted by molar-refractivity contribution is 5.89. The van der Waals surface area contributed by atoms with E-state index in [1.54, 1.807) is 44.4 Å². The fourth-order valence-electron chi connectivity index (χ4n) is 4.71. The normalized spacial score (nSPS) is 18.7. The lowest BCUT2D eigenvalue weighted by Gasteiger charge is -2.44. The summed E-state index contributed by atoms with van der Waals surface area (Å²) in [5.74, 6) is -3.60. The fraction of sp³-hybridized carbons (Fsp3) is 0.464. The van der Waals surface area contributed by atoms with Crippen molar-refractivity contribution in [3.05, 3.63) is 46.1 Å². The van der Waals surface area contributed by atoms with Gasteiger partial charge in [-0.25, -0.2) is 27.7 Å². The van der Waals surface area contributed by atoms with Crippen LogP contribution >= 0.6 is 0 Å². The van der Waals surface area contributed by atoms with E-state index in [0.29, 0.717) is 0 Å². The molecule has 0 bridgehead atoms. The van der Waals surface area contributed by atoms with Crippen LogP contribution in [0, 0.1) is 17.5 Å². The third-order valence-electron chi connectivity index (χ3n) is 6.49. The molecular weight excluding hydrogens is 541 g/mol. The van der Waals surface area contributed by atoms with Crippen molar-refractivity contribution in [2.45, 2.75) is 72.4 Å². The van der Waals surface area contributed by atoms with Crippen molar-refractivity contribution in [1.82, 2.24) is 19.9 Å². The minimum absolute atomic E-state index is 0.0833. The Kier molecular flexibility index (Phi) is 8.27. The Morgan fingerprint density at radius 1 is 1.15 bits per heavy atom. The SMILES string of the molecule is CC=NC(C)Oc1ccc(F)c(F)c1-c1nc2[nH]c(=O)nc(N3C[C@@H](C)N(C(=O)OC(C)(C)C)C[C@@H]3C)c2cc1F. The van der Waals surface area contributed by atoms with Crippen LogP contribution in [0.25, 0.3) is 22.3 Å². The van der Waals surface area contributed by atoms with E-state index in [-0.39, 0.29) is 47.8 Å². The molecule has 1 unspecified atom stereocenters. The van der Waals surface area contributed by atoms with Crippen molar-refractivity contribution in [1.29, 1.82) is 0 Å². The molecule has 3 atom stereocenters. The molecule has 1 aliphatic heterocycles. The molecule has 1 N–H and O–H groups in total. The monoisotopic (exact) mass is 574 g/mol. The van der Waals surface area contributed by atoms with Crippen molar-refractivity contribution in [2.24, 2.45) is 4.99 Å². The molecule has 0 saturated carbocycles. The lowest BCUT2D eigenvalue weighted by Crippen LogP contribution is -2.59. The van der Waals surface area contributed by atoms with E-state index in [0.717, 1.165) is 18.2 Å². The van der Waals surface area contributed by atoms with Crippen LogP contribution in [0.2, 0.25) is 0 Å². The Balaban J connectivity index is 1.78. The van der Waals surface area contributed by atoms with Gasteiger partial charge in [0, 0.05) is 25.2 Å². The van der Waals surface area contributed by atoms with Gasteiger partial charge in [-0.2, -0.15) is 4.98 Å². The highest BCUT2D eigenvalue weighted by Gasteiger charge is 2.36. The molecular formula is C28H33F3N6O4. The number of hydrogen-bond donors (Lipinski definition) is 1. The lowest BCUT2D eigenvalue weighted by molar-refractivity contribution is 0.0130. The molecule has 1 amide bonds. The number of piperazine rings is 1. The molecule has 10 nitrogen and oxygen atoms in total. The number of hydrogen-bond acceptors (Lipinski definition) is 8. The molecule has 13 heteroatoms. The number of aliphatic imine (C=N–C) groups is 1. The number of carbonyl (C=O) groups excluding carboxylic acids is 1. The van der Waals surface area contributed by atoms with Gasteiger partial charge in [0.25, 0.3) is 0 Å². The van der Waals surface area contributed by atoms with Gasteiger partial charge in [-0.3, -0.25) is 9.98 Å². The Bertz CT molecular complexity index is 1550. The summed E-state index contributed by atoms with van der Waals surface area (Å²) >= 11 is 0. The van der Waals surface area contributed by atoms with Gasteiger partial charge < -0.3 is 19.3 Å². The number of benzene rings is 1. The van der Waals surface area contributed by atoms with Gasteiger partial charge in [0.15, 0.2) is 23.7 Å². The maximum Gasteiger partial charge on any atom is 0.410 e. The predicted octanol–water partition coefficient (Wildman–Crippen LogP) is 5.05. The second-order valence-corrected chi connectivity index (χ2v) is 10.9. The first kappa shape index (κ1) is 29.8. The smallest absolute Gasteiger partial charge is 0.410 e. The molecule has 2 aromatic heterocycles. The van der Waals surface area contributed by atoms with Gasteiger partial charge in [0.05, 0.1) is 10.9 Å². The molecule has 3 heterocycles. The molecule has 1 aromatic carbocycles. The van der Waals surface area contributed by atoms with E-state index in [1.165, 1.54) is 6.21 Å². The molecule has 1 aliphatic rings. The third kappa shape index (κ3) is 6.28. The number of aromatic amines is 1. The van der Waals surface area contributed by atoms with Crippen molar-refractivity contribution in [3.8, 4) is 17.0 Å². The maximum absolute atomic E-state index is 15.7. The van der Waals surface area contributed by atoms with E-state index in [9.17, 15) is 14.0 Å². The predicted molar refractivity (Wildman–Crippen MR) is 149 cm³/mol. The molecule has 0 aliphatic carbocycles. The van der Waals surface area contributed by atoms with Crippen LogP contribution in [0.5, 0.6) is 5.75 Å². The Morgan fingerprint density at radius 2 is 1.85 bits per heavy atom. The highest BCUT2D eigenvalue weighted by Crippen LogP contribution is 2.37. The zero-order valence-electron chi connectivity index (χ0n) is 24.0. The average molecular weight is 575 g/mol. The molecule has 1 saturated heterocycles. The van der Waals surface area contributed by atoms with Crippen LogP contribution in [0.4, 0.5) is 23.8 Å². The number of carbonyl (C=O) groups is 1. The largest absolute Gasteiger partial charge is 0.468 e. The standard InChI is InChI=1S/C28H33F3N6O4/c1-8-32-16(4)40-20-10-9-18(29)22(31)21(20)23-19(30)11-17-24(33-23)34-26(38)35-25(17)36-12-15(3)37(13-14(36)2)27(39)41-28(5,6)7/h8-11,14-16H,12-13H2,1-7H3,(H,33,34,35,38)/t14-,15+,16?/m0/s1. The van der Waals surface area contributed by atoms with Gasteiger partial charge in [-0.05, 0) is 72.9 Å². The molecule has 41 heavy (non-hydrogen) atoms. The van der Waals surface area contributed by atoms with Crippen LogP contribution in [0.1, 0.15) is 48.5 Å². The third-order valence-corrected chi connectivity index (χ3v) is 6.49. The number of nitrogens with zero attached hydrogens (tertiary/aromatic N) is 5. The molecule has 0 spiro atoms. The van der Waals surface area contributed by atoms with Crippen LogP contribution in [0.3, 0.4) is 0 Å². The molecule has 1 fully saturated rings. The van der Waals surface area contributed by atoms with Crippen LogP contribution in [0.15, 0.2) is 28.0 Å². The summed E-state index contributed by atoms with van der Waals surface area (Å²) < 4.78 is 56.2. The van der Waals surface area contributed by atoms with Gasteiger partial charge in [-0.1, -0.05) is 0 Å². The van der Waals surface area contributed by atoms with E-state index >= 15 is 8.78 Å². The number of nitrogens with one attached hydrogen (secondary N) is 1. The van der Waals surface area contributed by atoms with E-state index < -0.39 is 52.3 Å². The number of H-pyrrole nitrogens is 1. The number of ether oxygens (including phenoxy) is 2. The quantitative estimate of drug-likeness (QED) is 0.424. The van der Waals surface area contributed by atoms with Gasteiger partial charge >= 0.3 is 11.8 Å². The van der Waals surface area contributed by atoms with Crippen molar-refractivity contribution < 1.29 is 27.4 Å². The van der Waals surface area contributed by atoms with Crippen molar-refractivity contribution in [2.75, 3.05) is 18.0 Å². The summed E-state index contributed by atoms with van der Waals surface area (Å²) in [6.45, 7) is 12.8. The maximum atomic E-state index is 15.7.